The van der Waals surface area contributed by atoms with Gasteiger partial charge in [0.15, 0.2) is 0 Å². The van der Waals surface area contributed by atoms with E-state index in [1.165, 1.54) is 0 Å². The third kappa shape index (κ3) is 3.39. The van der Waals surface area contributed by atoms with Gasteiger partial charge < -0.3 is 4.57 Å². The van der Waals surface area contributed by atoms with Crippen LogP contribution in [0.5, 0.6) is 0 Å². The number of aryl methyl sites for hydroxylation is 2. The Hall–Kier alpha value is -0.380. The van der Waals surface area contributed by atoms with Crippen molar-refractivity contribution in [3.63, 3.8) is 0 Å². The van der Waals surface area contributed by atoms with Crippen molar-refractivity contribution in [2.75, 3.05) is 12.1 Å². The standard InChI is InChI=1S/C14H18Cl2N2S/c1-10(19-2)7-9-18-12-5-3-4-11(16)14(12)17-13(18)6-8-15/h3-5,10H,6-9H2,1-2H3. The Balaban J connectivity index is 2.37. The lowest BCUT2D eigenvalue weighted by Crippen LogP contribution is -2.08. The third-order valence-corrected chi connectivity index (χ3v) is 4.82. The second-order valence-electron chi connectivity index (χ2n) is 4.56. The smallest absolute Gasteiger partial charge is 0.111 e. The van der Waals surface area contributed by atoms with E-state index >= 15 is 0 Å². The van der Waals surface area contributed by atoms with Crippen LogP contribution in [0.15, 0.2) is 18.2 Å². The molecule has 1 heterocycles. The maximum absolute atomic E-state index is 6.22. The molecule has 0 aliphatic rings. The van der Waals surface area contributed by atoms with Crippen molar-refractivity contribution in [1.29, 1.82) is 0 Å². The molecule has 1 unspecified atom stereocenters. The minimum absolute atomic E-state index is 0.582. The third-order valence-electron chi connectivity index (χ3n) is 3.29. The number of fused-ring (bicyclic) bond motifs is 1. The molecule has 0 aliphatic heterocycles. The quantitative estimate of drug-likeness (QED) is 0.724. The van der Waals surface area contributed by atoms with Gasteiger partial charge in [-0.3, -0.25) is 0 Å². The minimum Gasteiger partial charge on any atom is -0.328 e. The lowest BCUT2D eigenvalue weighted by atomic mass is 10.3. The summed E-state index contributed by atoms with van der Waals surface area (Å²) in [5.41, 5.74) is 2.00. The van der Waals surface area contributed by atoms with Crippen molar-refractivity contribution in [1.82, 2.24) is 9.55 Å². The zero-order chi connectivity index (χ0) is 13.8. The van der Waals surface area contributed by atoms with Crippen LogP contribution in [-0.4, -0.2) is 26.9 Å². The Labute approximate surface area is 128 Å². The van der Waals surface area contributed by atoms with E-state index in [0.717, 1.165) is 36.2 Å². The molecule has 0 radical (unpaired) electrons. The number of para-hydroxylation sites is 1. The van der Waals surface area contributed by atoms with E-state index in [0.29, 0.717) is 16.2 Å². The summed E-state index contributed by atoms with van der Waals surface area (Å²) >= 11 is 14.0. The van der Waals surface area contributed by atoms with Crippen molar-refractivity contribution < 1.29 is 0 Å². The Morgan fingerprint density at radius 2 is 2.21 bits per heavy atom. The molecule has 0 fully saturated rings. The highest BCUT2D eigenvalue weighted by atomic mass is 35.5. The van der Waals surface area contributed by atoms with Gasteiger partial charge in [-0.25, -0.2) is 4.98 Å². The van der Waals surface area contributed by atoms with Gasteiger partial charge in [0.25, 0.3) is 0 Å². The predicted molar refractivity (Wildman–Crippen MR) is 86.8 cm³/mol. The molecular formula is C14H18Cl2N2S. The molecule has 0 saturated carbocycles. The average Bonchev–Trinajstić information content (AvgIpc) is 2.76. The number of rotatable bonds is 6. The zero-order valence-corrected chi connectivity index (χ0v) is 13.5. The van der Waals surface area contributed by atoms with E-state index < -0.39 is 0 Å². The zero-order valence-electron chi connectivity index (χ0n) is 11.2. The van der Waals surface area contributed by atoms with Crippen LogP contribution in [0.25, 0.3) is 11.0 Å². The fourth-order valence-corrected chi connectivity index (χ4v) is 2.84. The summed E-state index contributed by atoms with van der Waals surface area (Å²) in [6.45, 7) is 3.21. The summed E-state index contributed by atoms with van der Waals surface area (Å²) in [6, 6.07) is 5.94. The Morgan fingerprint density at radius 1 is 1.42 bits per heavy atom. The molecule has 1 aromatic carbocycles. The SMILES string of the molecule is CSC(C)CCn1c(CCCl)nc2c(Cl)cccc21. The maximum atomic E-state index is 6.22. The first-order valence-corrected chi connectivity index (χ1v) is 8.59. The molecule has 104 valence electrons. The van der Waals surface area contributed by atoms with Gasteiger partial charge in [-0.1, -0.05) is 24.6 Å². The van der Waals surface area contributed by atoms with Crippen LogP contribution in [0.4, 0.5) is 0 Å². The molecule has 2 nitrogen and oxygen atoms in total. The van der Waals surface area contributed by atoms with Gasteiger partial charge in [0.05, 0.1) is 10.5 Å². The van der Waals surface area contributed by atoms with Crippen molar-refractivity contribution in [2.24, 2.45) is 0 Å². The topological polar surface area (TPSA) is 17.8 Å². The van der Waals surface area contributed by atoms with E-state index in [9.17, 15) is 0 Å². The van der Waals surface area contributed by atoms with Gasteiger partial charge in [0, 0.05) is 24.1 Å². The molecule has 1 aromatic heterocycles. The first-order chi connectivity index (χ1) is 9.17. The normalized spacial score (nSPS) is 13.1. The van der Waals surface area contributed by atoms with Crippen molar-refractivity contribution in [3.05, 3.63) is 29.0 Å². The van der Waals surface area contributed by atoms with Crippen LogP contribution >= 0.6 is 35.0 Å². The first kappa shape index (κ1) is 15.0. The van der Waals surface area contributed by atoms with Gasteiger partial charge in [0.2, 0.25) is 0 Å². The monoisotopic (exact) mass is 316 g/mol. The van der Waals surface area contributed by atoms with Crippen LogP contribution < -0.4 is 0 Å². The summed E-state index contributed by atoms with van der Waals surface area (Å²) in [5, 5.41) is 1.35. The molecule has 2 aromatic rings. The lowest BCUT2D eigenvalue weighted by molar-refractivity contribution is 0.628. The molecule has 0 spiro atoms. The minimum atomic E-state index is 0.582. The number of imidazole rings is 1. The molecule has 0 amide bonds. The summed E-state index contributed by atoms with van der Waals surface area (Å²) in [5.74, 6) is 1.62. The van der Waals surface area contributed by atoms with Gasteiger partial charge in [0.1, 0.15) is 11.3 Å². The Kier molecular flexibility index (Phi) is 5.43. The van der Waals surface area contributed by atoms with Crippen molar-refractivity contribution >= 4 is 46.0 Å². The number of hydrogen-bond donors (Lipinski definition) is 0. The highest BCUT2D eigenvalue weighted by Crippen LogP contribution is 2.25. The molecule has 2 rings (SSSR count). The predicted octanol–water partition coefficient (Wildman–Crippen LogP) is 4.61. The number of thioether (sulfide) groups is 1. The van der Waals surface area contributed by atoms with Gasteiger partial charge >= 0.3 is 0 Å². The van der Waals surface area contributed by atoms with Crippen LogP contribution in [-0.2, 0) is 13.0 Å². The van der Waals surface area contributed by atoms with Crippen LogP contribution in [0.2, 0.25) is 5.02 Å². The second kappa shape index (κ2) is 6.87. The number of aromatic nitrogens is 2. The molecule has 1 atom stereocenters. The highest BCUT2D eigenvalue weighted by molar-refractivity contribution is 7.99. The lowest BCUT2D eigenvalue weighted by Gasteiger charge is -2.12. The van der Waals surface area contributed by atoms with E-state index in [1.54, 1.807) is 0 Å². The molecule has 0 aliphatic carbocycles. The maximum Gasteiger partial charge on any atom is 0.111 e. The Bertz CT molecular complexity index is 554. The van der Waals surface area contributed by atoms with Crippen LogP contribution in [0.3, 0.4) is 0 Å². The second-order valence-corrected chi connectivity index (χ2v) is 6.62. The molecule has 0 saturated heterocycles. The average molecular weight is 317 g/mol. The fraction of sp³-hybridized carbons (Fsp3) is 0.500. The van der Waals surface area contributed by atoms with E-state index in [4.69, 9.17) is 23.2 Å². The van der Waals surface area contributed by atoms with E-state index in [1.807, 2.05) is 23.9 Å². The molecular weight excluding hydrogens is 299 g/mol. The van der Waals surface area contributed by atoms with Crippen LogP contribution in [0.1, 0.15) is 19.2 Å². The van der Waals surface area contributed by atoms with Crippen LogP contribution in [0, 0.1) is 0 Å². The summed E-state index contributed by atoms with van der Waals surface area (Å²) in [7, 11) is 0. The van der Waals surface area contributed by atoms with Gasteiger partial charge in [-0.15, -0.1) is 11.6 Å². The Morgan fingerprint density at radius 3 is 2.89 bits per heavy atom. The highest BCUT2D eigenvalue weighted by Gasteiger charge is 2.13. The van der Waals surface area contributed by atoms with Gasteiger partial charge in [-0.05, 0) is 24.8 Å². The summed E-state index contributed by atoms with van der Waals surface area (Å²) in [4.78, 5) is 4.65. The first-order valence-electron chi connectivity index (χ1n) is 6.39. The largest absolute Gasteiger partial charge is 0.328 e. The summed E-state index contributed by atoms with van der Waals surface area (Å²) < 4.78 is 2.26. The number of benzene rings is 1. The number of hydrogen-bond acceptors (Lipinski definition) is 2. The molecule has 5 heteroatoms. The summed E-state index contributed by atoms with van der Waals surface area (Å²) in [6.07, 6.45) is 4.04. The fourth-order valence-electron chi connectivity index (χ4n) is 2.11. The number of nitrogens with zero attached hydrogens (tertiary/aromatic N) is 2. The molecule has 0 N–H and O–H groups in total. The molecule has 19 heavy (non-hydrogen) atoms. The number of halogens is 2. The van der Waals surface area contributed by atoms with E-state index in [-0.39, 0.29) is 0 Å². The van der Waals surface area contributed by atoms with Crippen molar-refractivity contribution in [3.8, 4) is 0 Å². The van der Waals surface area contributed by atoms with Gasteiger partial charge in [-0.2, -0.15) is 11.8 Å². The van der Waals surface area contributed by atoms with Crippen molar-refractivity contribution in [2.45, 2.75) is 31.6 Å². The van der Waals surface area contributed by atoms with E-state index in [2.05, 4.69) is 28.8 Å². The number of alkyl halides is 1. The molecule has 0 bridgehead atoms.